The van der Waals surface area contributed by atoms with Gasteiger partial charge in [-0.15, -0.1) is 11.3 Å². The van der Waals surface area contributed by atoms with E-state index in [0.29, 0.717) is 26.5 Å². The Bertz CT molecular complexity index is 1230. The van der Waals surface area contributed by atoms with E-state index in [9.17, 15) is 9.59 Å². The highest BCUT2D eigenvalue weighted by molar-refractivity contribution is 7.07. The van der Waals surface area contributed by atoms with Crippen LogP contribution in [0.2, 0.25) is 5.15 Å². The lowest BCUT2D eigenvalue weighted by atomic mass is 9.91. The standard InChI is InChI=1S/C22H24ClN3O2S/c1-13-6-8-15(9-7-13)12-26-20(23)16(14(2)25-26)10-17-21(28)24-19(29-17)11-18(27)22(3,4)5/h6-11H,12H2,1-5H3,(H,24,28)/b17-10-,19-11-. The monoisotopic (exact) mass is 429 g/mol. The molecule has 0 radical (unpaired) electrons. The lowest BCUT2D eigenvalue weighted by molar-refractivity contribution is -0.119. The van der Waals surface area contributed by atoms with Crippen LogP contribution in [0, 0.1) is 19.3 Å². The molecular formula is C22H24ClN3O2S. The molecule has 29 heavy (non-hydrogen) atoms. The van der Waals surface area contributed by atoms with Crippen molar-refractivity contribution in [2.24, 2.45) is 5.41 Å². The molecule has 2 aromatic heterocycles. The van der Waals surface area contributed by atoms with E-state index in [-0.39, 0.29) is 11.3 Å². The van der Waals surface area contributed by atoms with Crippen LogP contribution < -0.4 is 14.8 Å². The molecule has 3 aromatic rings. The number of benzene rings is 1. The molecule has 0 fully saturated rings. The van der Waals surface area contributed by atoms with Gasteiger partial charge in [-0.05, 0) is 25.5 Å². The number of ketones is 1. The maximum atomic E-state index is 12.3. The second-order valence-electron chi connectivity index (χ2n) is 8.12. The minimum Gasteiger partial charge on any atom is -0.313 e. The van der Waals surface area contributed by atoms with Crippen LogP contribution >= 0.6 is 22.9 Å². The van der Waals surface area contributed by atoms with E-state index in [4.69, 9.17) is 11.6 Å². The van der Waals surface area contributed by atoms with Crippen molar-refractivity contribution in [3.8, 4) is 0 Å². The molecule has 0 aliphatic heterocycles. The fourth-order valence-corrected chi connectivity index (χ4v) is 3.85. The third kappa shape index (κ3) is 4.95. The minimum absolute atomic E-state index is 0.0401. The number of nitrogens with one attached hydrogen (secondary N) is 1. The Kier molecular flexibility index (Phi) is 5.96. The third-order valence-electron chi connectivity index (χ3n) is 4.52. The van der Waals surface area contributed by atoms with Gasteiger partial charge in [0.25, 0.3) is 5.56 Å². The van der Waals surface area contributed by atoms with Gasteiger partial charge >= 0.3 is 0 Å². The summed E-state index contributed by atoms with van der Waals surface area (Å²) in [6, 6.07) is 8.19. The predicted octanol–water partition coefficient (Wildman–Crippen LogP) is 3.18. The average molecular weight is 430 g/mol. The molecular weight excluding hydrogens is 406 g/mol. The molecule has 0 saturated heterocycles. The van der Waals surface area contributed by atoms with E-state index >= 15 is 0 Å². The lowest BCUT2D eigenvalue weighted by Crippen LogP contribution is -2.22. The first-order chi connectivity index (χ1) is 13.5. The van der Waals surface area contributed by atoms with Crippen LogP contribution in [-0.2, 0) is 11.3 Å². The molecule has 0 spiro atoms. The first-order valence-electron chi connectivity index (χ1n) is 9.30. The zero-order valence-corrected chi connectivity index (χ0v) is 18.7. The minimum atomic E-state index is -0.498. The second kappa shape index (κ2) is 8.13. The Hall–Kier alpha value is -2.44. The summed E-state index contributed by atoms with van der Waals surface area (Å²) in [6.45, 7) is 9.98. The van der Waals surface area contributed by atoms with E-state index < -0.39 is 5.41 Å². The number of aromatic amines is 1. The normalized spacial score (nSPS) is 13.3. The Balaban J connectivity index is 1.98. The van der Waals surface area contributed by atoms with Gasteiger partial charge in [-0.1, -0.05) is 62.2 Å². The number of thiazole rings is 1. The largest absolute Gasteiger partial charge is 0.313 e. The highest BCUT2D eigenvalue weighted by Crippen LogP contribution is 2.21. The maximum Gasteiger partial charge on any atom is 0.266 e. The molecule has 0 unspecified atom stereocenters. The highest BCUT2D eigenvalue weighted by atomic mass is 35.5. The number of aryl methyl sites for hydroxylation is 2. The van der Waals surface area contributed by atoms with Crippen LogP contribution in [0.15, 0.2) is 29.1 Å². The van der Waals surface area contributed by atoms with E-state index in [1.807, 2.05) is 46.8 Å². The zero-order valence-electron chi connectivity index (χ0n) is 17.2. The van der Waals surface area contributed by atoms with E-state index in [1.165, 1.54) is 23.0 Å². The van der Waals surface area contributed by atoms with Crippen LogP contribution in [-0.4, -0.2) is 20.5 Å². The van der Waals surface area contributed by atoms with Crippen LogP contribution in [0.4, 0.5) is 0 Å². The van der Waals surface area contributed by atoms with Gasteiger partial charge in [-0.25, -0.2) is 4.68 Å². The van der Waals surface area contributed by atoms with Crippen LogP contribution in [0.5, 0.6) is 0 Å². The summed E-state index contributed by atoms with van der Waals surface area (Å²) in [5.74, 6) is -0.0401. The van der Waals surface area contributed by atoms with Crippen LogP contribution in [0.1, 0.15) is 43.2 Å². The van der Waals surface area contributed by atoms with Gasteiger partial charge in [0.1, 0.15) is 5.15 Å². The molecule has 0 atom stereocenters. The van der Waals surface area contributed by atoms with Gasteiger partial charge in [-0.2, -0.15) is 5.10 Å². The molecule has 0 bridgehead atoms. The summed E-state index contributed by atoms with van der Waals surface area (Å²) in [6.07, 6.45) is 3.22. The molecule has 0 aliphatic carbocycles. The number of nitrogens with zero attached hydrogens (tertiary/aromatic N) is 2. The highest BCUT2D eigenvalue weighted by Gasteiger charge is 2.19. The van der Waals surface area contributed by atoms with E-state index in [2.05, 4.69) is 22.2 Å². The fraction of sp³-hybridized carbons (Fsp3) is 0.318. The molecule has 0 aliphatic rings. The Morgan fingerprint density at radius 1 is 1.24 bits per heavy atom. The number of H-pyrrole nitrogens is 1. The van der Waals surface area contributed by atoms with E-state index in [1.54, 1.807) is 10.8 Å². The van der Waals surface area contributed by atoms with Crippen molar-refractivity contribution in [2.75, 3.05) is 0 Å². The van der Waals surface area contributed by atoms with Gasteiger partial charge in [0.05, 0.1) is 21.4 Å². The van der Waals surface area contributed by atoms with Crippen molar-refractivity contribution in [2.45, 2.75) is 41.2 Å². The number of hydrogen-bond acceptors (Lipinski definition) is 4. The number of carbonyl (C=O) groups is 1. The molecule has 3 rings (SSSR count). The number of halogens is 1. The van der Waals surface area contributed by atoms with Gasteiger partial charge in [0.2, 0.25) is 0 Å². The first kappa shape index (κ1) is 21.3. The Morgan fingerprint density at radius 3 is 2.52 bits per heavy atom. The second-order valence-corrected chi connectivity index (χ2v) is 9.56. The average Bonchev–Trinajstić information content (AvgIpc) is 3.10. The SMILES string of the molecule is Cc1ccc(Cn2nc(C)c(/C=c3\s/c(=C\C(=O)C(C)(C)C)[nH]c3=O)c2Cl)cc1. The van der Waals surface area contributed by atoms with E-state index in [0.717, 1.165) is 11.3 Å². The summed E-state index contributed by atoms with van der Waals surface area (Å²) >= 11 is 7.80. The number of aromatic nitrogens is 3. The quantitative estimate of drug-likeness (QED) is 0.692. The van der Waals surface area contributed by atoms with Crippen molar-refractivity contribution in [3.63, 3.8) is 0 Å². The van der Waals surface area contributed by atoms with Gasteiger partial charge < -0.3 is 4.98 Å². The Morgan fingerprint density at radius 2 is 1.90 bits per heavy atom. The summed E-state index contributed by atoms with van der Waals surface area (Å²) in [5.41, 5.74) is 3.00. The topological polar surface area (TPSA) is 67.8 Å². The maximum absolute atomic E-state index is 12.3. The van der Waals surface area contributed by atoms with Crippen molar-refractivity contribution in [1.82, 2.24) is 14.8 Å². The fourth-order valence-electron chi connectivity index (χ4n) is 2.69. The number of rotatable bonds is 4. The summed E-state index contributed by atoms with van der Waals surface area (Å²) < 4.78 is 2.74. The first-order valence-corrected chi connectivity index (χ1v) is 10.5. The molecule has 1 aromatic carbocycles. The molecule has 1 N–H and O–H groups in total. The molecule has 5 nitrogen and oxygen atoms in total. The van der Waals surface area contributed by atoms with Crippen molar-refractivity contribution >= 4 is 40.9 Å². The van der Waals surface area contributed by atoms with Crippen LogP contribution in [0.3, 0.4) is 0 Å². The molecule has 7 heteroatoms. The molecule has 0 saturated carbocycles. The number of carbonyl (C=O) groups excluding carboxylic acids is 1. The Labute approximate surface area is 178 Å². The number of Topliss-reactive ketones (excluding diaryl/α,β-unsaturated/α-hetero) is 1. The van der Waals surface area contributed by atoms with Crippen molar-refractivity contribution in [3.05, 3.63) is 71.4 Å². The molecule has 2 heterocycles. The molecule has 152 valence electrons. The summed E-state index contributed by atoms with van der Waals surface area (Å²) in [7, 11) is 0. The summed E-state index contributed by atoms with van der Waals surface area (Å²) in [4.78, 5) is 27.3. The van der Waals surface area contributed by atoms with Crippen LogP contribution in [0.25, 0.3) is 12.2 Å². The third-order valence-corrected chi connectivity index (χ3v) is 5.88. The van der Waals surface area contributed by atoms with Crippen molar-refractivity contribution in [1.29, 1.82) is 0 Å². The lowest BCUT2D eigenvalue weighted by Gasteiger charge is -2.12. The predicted molar refractivity (Wildman–Crippen MR) is 119 cm³/mol. The smallest absolute Gasteiger partial charge is 0.266 e. The van der Waals surface area contributed by atoms with Gasteiger partial charge in [0, 0.05) is 17.1 Å². The van der Waals surface area contributed by atoms with Crippen molar-refractivity contribution < 1.29 is 4.79 Å². The van der Waals surface area contributed by atoms with Gasteiger partial charge in [-0.3, -0.25) is 9.59 Å². The van der Waals surface area contributed by atoms with Gasteiger partial charge in [0.15, 0.2) is 5.78 Å². The molecule has 0 amide bonds. The zero-order chi connectivity index (χ0) is 21.3. The summed E-state index contributed by atoms with van der Waals surface area (Å²) in [5, 5.41) is 5.00. The number of hydrogen-bond donors (Lipinski definition) is 1.